The number of rotatable bonds is 2. The molecule has 0 saturated heterocycles. The van der Waals surface area contributed by atoms with E-state index in [4.69, 9.17) is 4.98 Å². The molecule has 1 aromatic heterocycles. The van der Waals surface area contributed by atoms with Gasteiger partial charge in [-0.05, 0) is 25.0 Å². The summed E-state index contributed by atoms with van der Waals surface area (Å²) in [6.07, 6.45) is 6.27. The zero-order valence-electron chi connectivity index (χ0n) is 12.6. The monoisotopic (exact) mass is 292 g/mol. The van der Waals surface area contributed by atoms with Gasteiger partial charge in [-0.1, -0.05) is 49.6 Å². The maximum atomic E-state index is 9.89. The van der Waals surface area contributed by atoms with Crippen LogP contribution >= 0.6 is 0 Å². The van der Waals surface area contributed by atoms with E-state index < -0.39 is 0 Å². The van der Waals surface area contributed by atoms with Crippen molar-refractivity contribution in [3.05, 3.63) is 48.5 Å². The highest BCUT2D eigenvalue weighted by Gasteiger charge is 2.22. The molecule has 0 bridgehead atoms. The summed E-state index contributed by atoms with van der Waals surface area (Å²) in [6, 6.07) is 16.3. The van der Waals surface area contributed by atoms with Crippen LogP contribution < -0.4 is 0 Å². The minimum atomic E-state index is 0.309. The molecule has 22 heavy (non-hydrogen) atoms. The first-order valence-electron chi connectivity index (χ1n) is 8.09. The smallest absolute Gasteiger partial charge is 0.141 e. The van der Waals surface area contributed by atoms with Gasteiger partial charge in [-0.3, -0.25) is 0 Å². The first-order chi connectivity index (χ1) is 10.8. The van der Waals surface area contributed by atoms with Gasteiger partial charge in [0.15, 0.2) is 0 Å². The number of imidazole rings is 1. The van der Waals surface area contributed by atoms with Crippen molar-refractivity contribution in [3.63, 3.8) is 0 Å². The molecule has 0 unspecified atom stereocenters. The van der Waals surface area contributed by atoms with Crippen molar-refractivity contribution >= 4 is 11.0 Å². The van der Waals surface area contributed by atoms with Crippen LogP contribution in [0.1, 0.15) is 38.1 Å². The highest BCUT2D eigenvalue weighted by atomic mass is 16.3. The van der Waals surface area contributed by atoms with Gasteiger partial charge in [-0.2, -0.15) is 0 Å². The Bertz CT molecular complexity index is 786. The normalized spacial score (nSPS) is 16.2. The van der Waals surface area contributed by atoms with Crippen LogP contribution in [0.2, 0.25) is 0 Å². The van der Waals surface area contributed by atoms with Crippen LogP contribution in [0.3, 0.4) is 0 Å². The van der Waals surface area contributed by atoms with Crippen molar-refractivity contribution in [2.45, 2.75) is 38.1 Å². The van der Waals surface area contributed by atoms with Crippen molar-refractivity contribution in [2.75, 3.05) is 0 Å². The van der Waals surface area contributed by atoms with Gasteiger partial charge in [-0.15, -0.1) is 0 Å². The SMILES string of the molecule is Oc1ccc2nc(-c3ccccc3)n(C3CCCCC3)c2c1. The van der Waals surface area contributed by atoms with Gasteiger partial charge < -0.3 is 9.67 Å². The summed E-state index contributed by atoms with van der Waals surface area (Å²) in [5.41, 5.74) is 3.15. The molecule has 3 aromatic rings. The number of benzene rings is 2. The fraction of sp³-hybridized carbons (Fsp3) is 0.316. The second-order valence-electron chi connectivity index (χ2n) is 6.14. The molecule has 1 saturated carbocycles. The fourth-order valence-corrected chi connectivity index (χ4v) is 3.58. The average Bonchev–Trinajstić information content (AvgIpc) is 2.95. The van der Waals surface area contributed by atoms with E-state index >= 15 is 0 Å². The number of phenolic OH excluding ortho intramolecular Hbond substituents is 1. The van der Waals surface area contributed by atoms with Crippen molar-refractivity contribution < 1.29 is 5.11 Å². The molecule has 0 aliphatic heterocycles. The Morgan fingerprint density at radius 3 is 2.50 bits per heavy atom. The van der Waals surface area contributed by atoms with Crippen LogP contribution in [0, 0.1) is 0 Å². The largest absolute Gasteiger partial charge is 0.508 e. The van der Waals surface area contributed by atoms with Crippen LogP contribution in [0.5, 0.6) is 5.75 Å². The summed E-state index contributed by atoms with van der Waals surface area (Å²) < 4.78 is 2.35. The summed E-state index contributed by atoms with van der Waals surface area (Å²) in [4.78, 5) is 4.85. The van der Waals surface area contributed by atoms with E-state index in [0.29, 0.717) is 11.8 Å². The highest BCUT2D eigenvalue weighted by molar-refractivity contribution is 5.82. The number of fused-ring (bicyclic) bond motifs is 1. The minimum Gasteiger partial charge on any atom is -0.508 e. The lowest BCUT2D eigenvalue weighted by Gasteiger charge is -2.25. The van der Waals surface area contributed by atoms with Crippen molar-refractivity contribution in [1.82, 2.24) is 9.55 Å². The van der Waals surface area contributed by atoms with Crippen LogP contribution in [0.4, 0.5) is 0 Å². The van der Waals surface area contributed by atoms with Gasteiger partial charge in [-0.25, -0.2) is 4.98 Å². The highest BCUT2D eigenvalue weighted by Crippen LogP contribution is 2.36. The molecule has 1 aliphatic rings. The number of hydrogen-bond donors (Lipinski definition) is 1. The Labute approximate surface area is 130 Å². The van der Waals surface area contributed by atoms with E-state index in [1.807, 2.05) is 18.2 Å². The molecule has 2 aromatic carbocycles. The Morgan fingerprint density at radius 1 is 0.955 bits per heavy atom. The van der Waals surface area contributed by atoms with Crippen LogP contribution in [-0.4, -0.2) is 14.7 Å². The second-order valence-corrected chi connectivity index (χ2v) is 6.14. The van der Waals surface area contributed by atoms with Crippen molar-refractivity contribution in [1.29, 1.82) is 0 Å². The summed E-state index contributed by atoms with van der Waals surface area (Å²) >= 11 is 0. The molecule has 4 rings (SSSR count). The number of nitrogens with zero attached hydrogens (tertiary/aromatic N) is 2. The second kappa shape index (κ2) is 5.48. The lowest BCUT2D eigenvalue weighted by Crippen LogP contribution is -2.13. The van der Waals surface area contributed by atoms with Gasteiger partial charge in [0.1, 0.15) is 11.6 Å². The van der Waals surface area contributed by atoms with E-state index in [0.717, 1.165) is 22.4 Å². The Kier molecular flexibility index (Phi) is 3.34. The number of aromatic nitrogens is 2. The first-order valence-corrected chi connectivity index (χ1v) is 8.09. The van der Waals surface area contributed by atoms with E-state index in [1.54, 1.807) is 6.07 Å². The average molecular weight is 292 g/mol. The van der Waals surface area contributed by atoms with Gasteiger partial charge in [0.2, 0.25) is 0 Å². The first kappa shape index (κ1) is 13.4. The molecule has 0 amide bonds. The van der Waals surface area contributed by atoms with Crippen LogP contribution in [-0.2, 0) is 0 Å². The van der Waals surface area contributed by atoms with Gasteiger partial charge in [0, 0.05) is 17.7 Å². The molecule has 1 N–H and O–H groups in total. The van der Waals surface area contributed by atoms with Gasteiger partial charge >= 0.3 is 0 Å². The van der Waals surface area contributed by atoms with Crippen molar-refractivity contribution in [2.24, 2.45) is 0 Å². The molecular formula is C19H20N2O. The lowest BCUT2D eigenvalue weighted by atomic mass is 9.95. The molecule has 3 nitrogen and oxygen atoms in total. The molecule has 0 spiro atoms. The third kappa shape index (κ3) is 2.27. The number of hydrogen-bond acceptors (Lipinski definition) is 2. The lowest BCUT2D eigenvalue weighted by molar-refractivity contribution is 0.362. The maximum absolute atomic E-state index is 9.89. The molecule has 1 aliphatic carbocycles. The summed E-state index contributed by atoms with van der Waals surface area (Å²) in [5, 5.41) is 9.89. The van der Waals surface area contributed by atoms with Crippen molar-refractivity contribution in [3.8, 4) is 17.1 Å². The fourth-order valence-electron chi connectivity index (χ4n) is 3.58. The van der Waals surface area contributed by atoms with Gasteiger partial charge in [0.25, 0.3) is 0 Å². The van der Waals surface area contributed by atoms with E-state index in [1.165, 1.54) is 32.1 Å². The maximum Gasteiger partial charge on any atom is 0.141 e. The van der Waals surface area contributed by atoms with E-state index in [9.17, 15) is 5.11 Å². The predicted octanol–water partition coefficient (Wildman–Crippen LogP) is 4.91. The van der Waals surface area contributed by atoms with E-state index in [-0.39, 0.29) is 0 Å². The van der Waals surface area contributed by atoms with Gasteiger partial charge in [0.05, 0.1) is 11.0 Å². The quantitative estimate of drug-likeness (QED) is 0.728. The standard InChI is InChI=1S/C19H20N2O/c22-16-11-12-17-18(13-16)21(15-9-5-2-6-10-15)19(20-17)14-7-3-1-4-8-14/h1,3-4,7-8,11-13,15,22H,2,5-6,9-10H2. The van der Waals surface area contributed by atoms with Crippen LogP contribution in [0.25, 0.3) is 22.4 Å². The zero-order chi connectivity index (χ0) is 14.9. The minimum absolute atomic E-state index is 0.309. The van der Waals surface area contributed by atoms with E-state index in [2.05, 4.69) is 28.8 Å². The molecule has 0 atom stereocenters. The summed E-state index contributed by atoms with van der Waals surface area (Å²) in [6.45, 7) is 0. The summed E-state index contributed by atoms with van der Waals surface area (Å²) in [7, 11) is 0. The third-order valence-corrected chi connectivity index (χ3v) is 4.64. The molecule has 0 radical (unpaired) electrons. The Balaban J connectivity index is 1.94. The molecule has 1 fully saturated rings. The predicted molar refractivity (Wildman–Crippen MR) is 89.0 cm³/mol. The molecule has 112 valence electrons. The Hall–Kier alpha value is -2.29. The molecule has 1 heterocycles. The van der Waals surface area contributed by atoms with Crippen LogP contribution in [0.15, 0.2) is 48.5 Å². The summed E-state index contributed by atoms with van der Waals surface area (Å²) in [5.74, 6) is 1.33. The number of aromatic hydroxyl groups is 1. The molecule has 3 heteroatoms. The topological polar surface area (TPSA) is 38.1 Å². The zero-order valence-corrected chi connectivity index (χ0v) is 12.6. The number of phenols is 1. The Morgan fingerprint density at radius 2 is 1.73 bits per heavy atom. The molecular weight excluding hydrogens is 272 g/mol. The third-order valence-electron chi connectivity index (χ3n) is 4.64.